The highest BCUT2D eigenvalue weighted by atomic mass is 16.6. The molecule has 0 radical (unpaired) electrons. The number of rotatable bonds is 8. The van der Waals surface area contributed by atoms with Gasteiger partial charge in [0.05, 0.1) is 0 Å². The molecule has 0 aliphatic carbocycles. The summed E-state index contributed by atoms with van der Waals surface area (Å²) >= 11 is 0. The molecule has 0 saturated heterocycles. The van der Waals surface area contributed by atoms with E-state index in [1.54, 1.807) is 27.0 Å². The number of esters is 2. The maximum absolute atomic E-state index is 12.2. The predicted molar refractivity (Wildman–Crippen MR) is 85.2 cm³/mol. The molecule has 0 atom stereocenters. The van der Waals surface area contributed by atoms with Crippen molar-refractivity contribution in [2.75, 3.05) is 6.61 Å². The summed E-state index contributed by atoms with van der Waals surface area (Å²) in [4.78, 5) is 37.5. The molecule has 23 heavy (non-hydrogen) atoms. The average molecular weight is 321 g/mol. The van der Waals surface area contributed by atoms with Crippen LogP contribution in [-0.4, -0.2) is 35.4 Å². The zero-order valence-corrected chi connectivity index (χ0v) is 13.8. The summed E-state index contributed by atoms with van der Waals surface area (Å²) in [6, 6.07) is 0. The summed E-state index contributed by atoms with van der Waals surface area (Å²) in [7, 11) is 0. The maximum Gasteiger partial charge on any atom is 0.355 e. The molecule has 6 nitrogen and oxygen atoms in total. The van der Waals surface area contributed by atoms with Gasteiger partial charge in [0.15, 0.2) is 0 Å². The SMILES string of the molecule is C=CCOC(=O)CCc1c(CC=O)c[nH]c1C(=O)OC(C)(C)C. The van der Waals surface area contributed by atoms with Crippen molar-refractivity contribution < 1.29 is 23.9 Å². The van der Waals surface area contributed by atoms with E-state index in [2.05, 4.69) is 11.6 Å². The minimum Gasteiger partial charge on any atom is -0.461 e. The van der Waals surface area contributed by atoms with Crippen LogP contribution in [0.25, 0.3) is 0 Å². The van der Waals surface area contributed by atoms with Crippen LogP contribution in [0.5, 0.6) is 0 Å². The van der Waals surface area contributed by atoms with Crippen LogP contribution in [0.4, 0.5) is 0 Å². The fourth-order valence-corrected chi connectivity index (χ4v) is 2.01. The molecule has 6 heteroatoms. The Bertz CT molecular complexity index is 580. The van der Waals surface area contributed by atoms with Gasteiger partial charge in [0.25, 0.3) is 0 Å². The molecule has 0 saturated carbocycles. The second-order valence-electron chi connectivity index (χ2n) is 6.01. The van der Waals surface area contributed by atoms with Gasteiger partial charge < -0.3 is 19.3 Å². The molecule has 1 aromatic heterocycles. The Morgan fingerprint density at radius 2 is 2.04 bits per heavy atom. The maximum atomic E-state index is 12.2. The van der Waals surface area contributed by atoms with Gasteiger partial charge in [0.1, 0.15) is 24.2 Å². The van der Waals surface area contributed by atoms with Crippen LogP contribution >= 0.6 is 0 Å². The number of H-pyrrole nitrogens is 1. The number of ether oxygens (including phenoxy) is 2. The molecule has 1 aromatic rings. The minimum absolute atomic E-state index is 0.105. The largest absolute Gasteiger partial charge is 0.461 e. The molecule has 0 aliphatic heterocycles. The summed E-state index contributed by atoms with van der Waals surface area (Å²) in [5, 5.41) is 0. The van der Waals surface area contributed by atoms with Crippen molar-refractivity contribution in [1.82, 2.24) is 4.98 Å². The van der Waals surface area contributed by atoms with Crippen molar-refractivity contribution >= 4 is 18.2 Å². The Morgan fingerprint density at radius 3 is 2.61 bits per heavy atom. The Balaban J connectivity index is 2.91. The van der Waals surface area contributed by atoms with Crippen LogP contribution in [0.2, 0.25) is 0 Å². The van der Waals surface area contributed by atoms with E-state index in [-0.39, 0.29) is 31.6 Å². The third-order valence-corrected chi connectivity index (χ3v) is 2.93. The number of carbonyl (C=O) groups is 3. The first-order valence-corrected chi connectivity index (χ1v) is 7.41. The van der Waals surface area contributed by atoms with Gasteiger partial charge in [-0.3, -0.25) is 4.79 Å². The van der Waals surface area contributed by atoms with Crippen molar-refractivity contribution in [3.05, 3.63) is 35.7 Å². The summed E-state index contributed by atoms with van der Waals surface area (Å²) in [5.41, 5.74) is 0.931. The lowest BCUT2D eigenvalue weighted by atomic mass is 10.0. The monoisotopic (exact) mass is 321 g/mol. The standard InChI is InChI=1S/C17H23NO5/c1-5-10-22-14(20)7-6-13-12(8-9-19)11-18-15(13)16(21)23-17(2,3)4/h5,9,11,18H,1,6-8,10H2,2-4H3. The predicted octanol–water partition coefficient (Wildman–Crippen LogP) is 2.37. The molecular formula is C17H23NO5. The van der Waals surface area contributed by atoms with E-state index in [1.165, 1.54) is 6.08 Å². The molecule has 0 bridgehead atoms. The van der Waals surface area contributed by atoms with E-state index in [0.717, 1.165) is 6.29 Å². The molecule has 1 rings (SSSR count). The third-order valence-electron chi connectivity index (χ3n) is 2.93. The number of aromatic nitrogens is 1. The fourth-order valence-electron chi connectivity index (χ4n) is 2.01. The summed E-state index contributed by atoms with van der Waals surface area (Å²) in [5.74, 6) is -0.901. The highest BCUT2D eigenvalue weighted by molar-refractivity contribution is 5.90. The Kier molecular flexibility index (Phi) is 6.75. The van der Waals surface area contributed by atoms with Crippen molar-refractivity contribution in [3.8, 4) is 0 Å². The van der Waals surface area contributed by atoms with Gasteiger partial charge in [-0.15, -0.1) is 0 Å². The van der Waals surface area contributed by atoms with Crippen LogP contribution in [-0.2, 0) is 31.9 Å². The third kappa shape index (κ3) is 6.10. The van der Waals surface area contributed by atoms with Gasteiger partial charge in [0.2, 0.25) is 0 Å². The van der Waals surface area contributed by atoms with Crippen LogP contribution in [0.1, 0.15) is 48.8 Å². The molecule has 0 spiro atoms. The van der Waals surface area contributed by atoms with Crippen molar-refractivity contribution in [2.24, 2.45) is 0 Å². The number of nitrogens with one attached hydrogen (secondary N) is 1. The minimum atomic E-state index is -0.632. The number of hydrogen-bond donors (Lipinski definition) is 1. The molecule has 1 heterocycles. The second-order valence-corrected chi connectivity index (χ2v) is 6.01. The quantitative estimate of drug-likeness (QED) is 0.451. The van der Waals surface area contributed by atoms with E-state index < -0.39 is 17.5 Å². The second kappa shape index (κ2) is 8.31. The fraction of sp³-hybridized carbons (Fsp3) is 0.471. The van der Waals surface area contributed by atoms with E-state index >= 15 is 0 Å². The number of hydrogen-bond acceptors (Lipinski definition) is 5. The summed E-state index contributed by atoms with van der Waals surface area (Å²) < 4.78 is 10.3. The van der Waals surface area contributed by atoms with Crippen LogP contribution in [0.3, 0.4) is 0 Å². The van der Waals surface area contributed by atoms with Gasteiger partial charge in [-0.05, 0) is 38.3 Å². The number of aromatic amines is 1. The lowest BCUT2D eigenvalue weighted by molar-refractivity contribution is -0.142. The zero-order valence-electron chi connectivity index (χ0n) is 13.8. The lowest BCUT2D eigenvalue weighted by Crippen LogP contribution is -2.25. The van der Waals surface area contributed by atoms with Gasteiger partial charge >= 0.3 is 11.9 Å². The number of carbonyl (C=O) groups excluding carboxylic acids is 3. The van der Waals surface area contributed by atoms with Crippen molar-refractivity contribution in [1.29, 1.82) is 0 Å². The average Bonchev–Trinajstić information content (AvgIpc) is 2.84. The first-order chi connectivity index (χ1) is 10.8. The highest BCUT2D eigenvalue weighted by Crippen LogP contribution is 2.20. The van der Waals surface area contributed by atoms with Crippen LogP contribution in [0, 0.1) is 0 Å². The zero-order chi connectivity index (χ0) is 17.5. The van der Waals surface area contributed by atoms with Crippen LogP contribution < -0.4 is 0 Å². The molecule has 126 valence electrons. The Labute approximate surface area is 135 Å². The Morgan fingerprint density at radius 1 is 1.35 bits per heavy atom. The molecule has 1 N–H and O–H groups in total. The Hall–Kier alpha value is -2.37. The molecule has 0 unspecified atom stereocenters. The normalized spacial score (nSPS) is 10.9. The molecule has 0 aliphatic rings. The summed E-state index contributed by atoms with van der Waals surface area (Å²) in [6.07, 6.45) is 4.39. The van der Waals surface area contributed by atoms with E-state index in [9.17, 15) is 14.4 Å². The highest BCUT2D eigenvalue weighted by Gasteiger charge is 2.23. The molecule has 0 amide bonds. The molecule has 0 fully saturated rings. The summed E-state index contributed by atoms with van der Waals surface area (Å²) in [6.45, 7) is 8.93. The van der Waals surface area contributed by atoms with Gasteiger partial charge in [-0.2, -0.15) is 0 Å². The first-order valence-electron chi connectivity index (χ1n) is 7.41. The molecular weight excluding hydrogens is 298 g/mol. The molecule has 0 aromatic carbocycles. The van der Waals surface area contributed by atoms with E-state index in [4.69, 9.17) is 9.47 Å². The first kappa shape index (κ1) is 18.7. The van der Waals surface area contributed by atoms with Gasteiger partial charge in [-0.25, -0.2) is 4.79 Å². The smallest absolute Gasteiger partial charge is 0.355 e. The van der Waals surface area contributed by atoms with Crippen LogP contribution in [0.15, 0.2) is 18.9 Å². The van der Waals surface area contributed by atoms with Crippen molar-refractivity contribution in [3.63, 3.8) is 0 Å². The lowest BCUT2D eigenvalue weighted by Gasteiger charge is -2.19. The van der Waals surface area contributed by atoms with E-state index in [1.807, 2.05) is 0 Å². The van der Waals surface area contributed by atoms with Crippen molar-refractivity contribution in [2.45, 2.75) is 45.6 Å². The van der Waals surface area contributed by atoms with E-state index in [0.29, 0.717) is 11.1 Å². The van der Waals surface area contributed by atoms with Gasteiger partial charge in [0, 0.05) is 19.0 Å². The van der Waals surface area contributed by atoms with Gasteiger partial charge in [-0.1, -0.05) is 12.7 Å². The topological polar surface area (TPSA) is 85.5 Å². The number of aldehydes is 1.